The Balaban J connectivity index is 2.21. The van der Waals surface area contributed by atoms with E-state index in [1.165, 1.54) is 6.07 Å². The van der Waals surface area contributed by atoms with E-state index in [1.54, 1.807) is 6.07 Å². The summed E-state index contributed by atoms with van der Waals surface area (Å²) in [6.07, 6.45) is -3.96. The number of hydrogen-bond acceptors (Lipinski definition) is 1. The van der Waals surface area contributed by atoms with Crippen molar-refractivity contribution in [3.8, 4) is 0 Å². The van der Waals surface area contributed by atoms with Gasteiger partial charge in [-0.25, -0.2) is 0 Å². The molecule has 1 nitrogen and oxygen atoms in total. The zero-order valence-corrected chi connectivity index (χ0v) is 11.7. The van der Waals surface area contributed by atoms with Gasteiger partial charge in [0.05, 0.1) is 12.2 Å². The van der Waals surface area contributed by atoms with Gasteiger partial charge < -0.3 is 5.11 Å². The quantitative estimate of drug-likeness (QED) is 0.889. The molecule has 2 rings (SSSR count). The molecule has 0 aromatic heterocycles. The van der Waals surface area contributed by atoms with Crippen molar-refractivity contribution in [3.05, 3.63) is 70.8 Å². The minimum absolute atomic E-state index is 0.0979. The Morgan fingerprint density at radius 3 is 2.29 bits per heavy atom. The number of aliphatic hydroxyl groups excluding tert-OH is 1. The van der Waals surface area contributed by atoms with Gasteiger partial charge in [-0.1, -0.05) is 48.0 Å². The standard InChI is InChI=1S/C17H17F3O/c1-12-5-7-14(8-6-12)15(11-21)9-13-3-2-4-16(10-13)17(18,19)20/h2-8,10,15,21H,9,11H2,1H3. The second kappa shape index (κ2) is 6.31. The fraction of sp³-hybridized carbons (Fsp3) is 0.294. The van der Waals surface area contributed by atoms with Crippen molar-refractivity contribution in [2.24, 2.45) is 0 Å². The lowest BCUT2D eigenvalue weighted by Crippen LogP contribution is -2.10. The first-order valence-electron chi connectivity index (χ1n) is 6.73. The summed E-state index contributed by atoms with van der Waals surface area (Å²) >= 11 is 0. The van der Waals surface area contributed by atoms with Gasteiger partial charge in [0.2, 0.25) is 0 Å². The molecule has 0 heterocycles. The predicted molar refractivity (Wildman–Crippen MR) is 76.2 cm³/mol. The van der Waals surface area contributed by atoms with Crippen molar-refractivity contribution in [3.63, 3.8) is 0 Å². The number of hydrogen-bond donors (Lipinski definition) is 1. The van der Waals surface area contributed by atoms with Crippen molar-refractivity contribution < 1.29 is 18.3 Å². The highest BCUT2D eigenvalue weighted by Crippen LogP contribution is 2.30. The van der Waals surface area contributed by atoms with E-state index >= 15 is 0 Å². The van der Waals surface area contributed by atoms with E-state index < -0.39 is 11.7 Å². The highest BCUT2D eigenvalue weighted by Gasteiger charge is 2.30. The largest absolute Gasteiger partial charge is 0.416 e. The molecule has 4 heteroatoms. The van der Waals surface area contributed by atoms with Gasteiger partial charge in [-0.05, 0) is 30.5 Å². The van der Waals surface area contributed by atoms with Gasteiger partial charge in [0, 0.05) is 5.92 Å². The Kier molecular flexibility index (Phi) is 4.68. The van der Waals surface area contributed by atoms with Crippen LogP contribution in [-0.4, -0.2) is 11.7 Å². The van der Waals surface area contributed by atoms with Gasteiger partial charge in [-0.3, -0.25) is 0 Å². The van der Waals surface area contributed by atoms with Crippen LogP contribution in [0.5, 0.6) is 0 Å². The van der Waals surface area contributed by atoms with E-state index in [0.717, 1.165) is 23.3 Å². The van der Waals surface area contributed by atoms with E-state index in [1.807, 2.05) is 31.2 Å². The summed E-state index contributed by atoms with van der Waals surface area (Å²) in [4.78, 5) is 0. The molecule has 0 fully saturated rings. The fourth-order valence-electron chi connectivity index (χ4n) is 2.29. The van der Waals surface area contributed by atoms with Crippen LogP contribution in [0.25, 0.3) is 0 Å². The molecular formula is C17H17F3O. The van der Waals surface area contributed by atoms with Crippen molar-refractivity contribution in [2.45, 2.75) is 25.4 Å². The second-order valence-electron chi connectivity index (χ2n) is 5.19. The summed E-state index contributed by atoms with van der Waals surface area (Å²) in [5.74, 6) is -0.200. The molecule has 0 aliphatic heterocycles. The third-order valence-corrected chi connectivity index (χ3v) is 3.51. The summed E-state index contributed by atoms with van der Waals surface area (Å²) < 4.78 is 38.1. The van der Waals surface area contributed by atoms with E-state index in [0.29, 0.717) is 12.0 Å². The van der Waals surface area contributed by atoms with Gasteiger partial charge in [0.15, 0.2) is 0 Å². The van der Waals surface area contributed by atoms with Crippen LogP contribution in [0.1, 0.15) is 28.2 Å². The maximum absolute atomic E-state index is 12.7. The number of aryl methyl sites for hydroxylation is 1. The van der Waals surface area contributed by atoms with Crippen LogP contribution < -0.4 is 0 Å². The average molecular weight is 294 g/mol. The lowest BCUT2D eigenvalue weighted by atomic mass is 9.91. The van der Waals surface area contributed by atoms with Crippen molar-refractivity contribution >= 4 is 0 Å². The summed E-state index contributed by atoms with van der Waals surface area (Å²) in [5, 5.41) is 9.52. The Hall–Kier alpha value is -1.81. The van der Waals surface area contributed by atoms with Crippen molar-refractivity contribution in [1.82, 2.24) is 0 Å². The summed E-state index contributed by atoms with van der Waals surface area (Å²) in [6, 6.07) is 13.0. The normalized spacial score (nSPS) is 13.2. The Labute approximate surface area is 122 Å². The molecule has 0 aliphatic carbocycles. The molecule has 0 amide bonds. The van der Waals surface area contributed by atoms with Gasteiger partial charge in [0.1, 0.15) is 0 Å². The Morgan fingerprint density at radius 2 is 1.71 bits per heavy atom. The van der Waals surface area contributed by atoms with Gasteiger partial charge in [0.25, 0.3) is 0 Å². The average Bonchev–Trinajstić information content (AvgIpc) is 2.45. The zero-order valence-electron chi connectivity index (χ0n) is 11.7. The molecule has 1 N–H and O–H groups in total. The van der Waals surface area contributed by atoms with Crippen LogP contribution >= 0.6 is 0 Å². The Bertz CT molecular complexity index is 588. The Morgan fingerprint density at radius 1 is 1.05 bits per heavy atom. The first-order valence-corrected chi connectivity index (χ1v) is 6.73. The number of aliphatic hydroxyl groups is 1. The van der Waals surface area contributed by atoms with E-state index in [2.05, 4.69) is 0 Å². The molecule has 2 aromatic carbocycles. The highest BCUT2D eigenvalue weighted by atomic mass is 19.4. The molecule has 0 radical (unpaired) electrons. The van der Waals surface area contributed by atoms with Crippen LogP contribution in [0.4, 0.5) is 13.2 Å². The molecule has 0 spiro atoms. The van der Waals surface area contributed by atoms with Crippen molar-refractivity contribution in [2.75, 3.05) is 6.61 Å². The molecule has 0 bridgehead atoms. The molecule has 0 saturated carbocycles. The maximum Gasteiger partial charge on any atom is 0.416 e. The third-order valence-electron chi connectivity index (χ3n) is 3.51. The van der Waals surface area contributed by atoms with Crippen LogP contribution in [0.15, 0.2) is 48.5 Å². The van der Waals surface area contributed by atoms with Crippen molar-refractivity contribution in [1.29, 1.82) is 0 Å². The van der Waals surface area contributed by atoms with E-state index in [4.69, 9.17) is 0 Å². The van der Waals surface area contributed by atoms with Crippen LogP contribution in [0.2, 0.25) is 0 Å². The number of benzene rings is 2. The number of alkyl halides is 3. The van der Waals surface area contributed by atoms with Gasteiger partial charge in [-0.15, -0.1) is 0 Å². The third kappa shape index (κ3) is 4.08. The molecule has 112 valence electrons. The first-order chi connectivity index (χ1) is 9.90. The predicted octanol–water partition coefficient (Wildman–Crippen LogP) is 4.33. The molecule has 0 aliphatic rings. The van der Waals surface area contributed by atoms with Gasteiger partial charge >= 0.3 is 6.18 Å². The molecule has 0 saturated heterocycles. The zero-order chi connectivity index (χ0) is 15.5. The SMILES string of the molecule is Cc1ccc(C(CO)Cc2cccc(C(F)(F)F)c2)cc1. The van der Waals surface area contributed by atoms with Gasteiger partial charge in [-0.2, -0.15) is 13.2 Å². The van der Waals surface area contributed by atoms with Crippen LogP contribution in [-0.2, 0) is 12.6 Å². The summed E-state index contributed by atoms with van der Waals surface area (Å²) in [6.45, 7) is 1.86. The second-order valence-corrected chi connectivity index (χ2v) is 5.19. The molecular weight excluding hydrogens is 277 g/mol. The summed E-state index contributed by atoms with van der Waals surface area (Å²) in [5.41, 5.74) is 1.96. The maximum atomic E-state index is 12.7. The highest BCUT2D eigenvalue weighted by molar-refractivity contribution is 5.30. The molecule has 2 aromatic rings. The number of halogens is 3. The lowest BCUT2D eigenvalue weighted by Gasteiger charge is -2.16. The smallest absolute Gasteiger partial charge is 0.396 e. The minimum atomic E-state index is -4.34. The molecule has 21 heavy (non-hydrogen) atoms. The topological polar surface area (TPSA) is 20.2 Å². The van der Waals surface area contributed by atoms with E-state index in [9.17, 15) is 18.3 Å². The monoisotopic (exact) mass is 294 g/mol. The first kappa shape index (κ1) is 15.6. The summed E-state index contributed by atoms with van der Waals surface area (Å²) in [7, 11) is 0. The molecule has 1 atom stereocenters. The number of rotatable bonds is 4. The fourth-order valence-corrected chi connectivity index (χ4v) is 2.29. The minimum Gasteiger partial charge on any atom is -0.396 e. The van der Waals surface area contributed by atoms with Crippen LogP contribution in [0, 0.1) is 6.92 Å². The lowest BCUT2D eigenvalue weighted by molar-refractivity contribution is -0.137. The van der Waals surface area contributed by atoms with E-state index in [-0.39, 0.29) is 12.5 Å². The molecule has 1 unspecified atom stereocenters. The van der Waals surface area contributed by atoms with Crippen LogP contribution in [0.3, 0.4) is 0 Å².